The highest BCUT2D eigenvalue weighted by atomic mass is 35.5. The van der Waals surface area contributed by atoms with Crippen LogP contribution in [0.25, 0.3) is 0 Å². The molecule has 1 heterocycles. The van der Waals surface area contributed by atoms with Crippen molar-refractivity contribution in [3.8, 4) is 0 Å². The van der Waals surface area contributed by atoms with Gasteiger partial charge in [-0.15, -0.1) is 0 Å². The zero-order valence-corrected chi connectivity index (χ0v) is 16.9. The summed E-state index contributed by atoms with van der Waals surface area (Å²) in [7, 11) is -3.55. The fraction of sp³-hybridized carbons (Fsp3) is 0.158. The molecule has 0 atom stereocenters. The maximum absolute atomic E-state index is 12.3. The van der Waals surface area contributed by atoms with Gasteiger partial charge in [0.2, 0.25) is 16.4 Å². The molecule has 28 heavy (non-hydrogen) atoms. The van der Waals surface area contributed by atoms with Gasteiger partial charge in [0, 0.05) is 11.1 Å². The molecule has 0 radical (unpaired) electrons. The molecule has 1 amide bonds. The number of benzene rings is 2. The summed E-state index contributed by atoms with van der Waals surface area (Å²) in [5, 5.41) is 7.29. The van der Waals surface area contributed by atoms with E-state index >= 15 is 0 Å². The normalized spacial score (nSPS) is 11.2. The van der Waals surface area contributed by atoms with Crippen LogP contribution in [0.4, 0.5) is 17.2 Å². The van der Waals surface area contributed by atoms with Gasteiger partial charge in [0.1, 0.15) is 5.82 Å². The molecule has 3 aromatic rings. The van der Waals surface area contributed by atoms with E-state index in [1.165, 1.54) is 9.21 Å². The van der Waals surface area contributed by atoms with Crippen LogP contribution in [0.2, 0.25) is 5.02 Å². The second-order valence-electron chi connectivity index (χ2n) is 6.25. The Balaban J connectivity index is 1.92. The molecule has 0 unspecified atom stereocenters. The van der Waals surface area contributed by atoms with Gasteiger partial charge in [-0.2, -0.15) is 5.10 Å². The van der Waals surface area contributed by atoms with Gasteiger partial charge >= 0.3 is 0 Å². The smallest absolute Gasteiger partial charge is 0.232 e. The Bertz CT molecular complexity index is 1080. The molecule has 7 nitrogen and oxygen atoms in total. The number of sulfonamides is 1. The fourth-order valence-corrected chi connectivity index (χ4v) is 3.82. The van der Waals surface area contributed by atoms with Crippen molar-refractivity contribution in [2.24, 2.45) is 0 Å². The van der Waals surface area contributed by atoms with E-state index in [1.807, 2.05) is 6.92 Å². The largest absolute Gasteiger partial charge is 0.278 e. The standard InChI is InChI=1S/C19H19ClN4O3S/c1-14-11-19(22-21-14)23(13-25)16-7-9-17(10-8-16)24(28(2,26)27)12-15-5-3-4-6-18(15)20/h3-11,13H,12H2,1-2H3,(H,21,22). The number of aromatic amines is 1. The molecule has 0 spiro atoms. The highest BCUT2D eigenvalue weighted by molar-refractivity contribution is 7.92. The number of carbonyl (C=O) groups excluding carboxylic acids is 1. The van der Waals surface area contributed by atoms with Crippen LogP contribution >= 0.6 is 11.6 Å². The van der Waals surface area contributed by atoms with E-state index < -0.39 is 10.0 Å². The molecule has 9 heteroatoms. The van der Waals surface area contributed by atoms with Crippen LogP contribution in [0.3, 0.4) is 0 Å². The number of nitrogens with one attached hydrogen (secondary N) is 1. The minimum atomic E-state index is -3.55. The summed E-state index contributed by atoms with van der Waals surface area (Å²) in [6.45, 7) is 1.92. The van der Waals surface area contributed by atoms with Gasteiger partial charge in [0.25, 0.3) is 0 Å². The molecule has 3 rings (SSSR count). The van der Waals surface area contributed by atoms with Crippen LogP contribution in [-0.2, 0) is 21.4 Å². The molecule has 1 N–H and O–H groups in total. The molecular formula is C19H19ClN4O3S. The average molecular weight is 419 g/mol. The monoisotopic (exact) mass is 418 g/mol. The molecule has 0 aliphatic carbocycles. The summed E-state index contributed by atoms with van der Waals surface area (Å²) in [6, 6.07) is 15.5. The zero-order valence-electron chi connectivity index (χ0n) is 15.3. The van der Waals surface area contributed by atoms with E-state index in [0.717, 1.165) is 11.9 Å². The number of carbonyl (C=O) groups is 1. The predicted octanol–water partition coefficient (Wildman–Crippen LogP) is 3.63. The van der Waals surface area contributed by atoms with Crippen LogP contribution in [0.5, 0.6) is 0 Å². The third-order valence-electron chi connectivity index (χ3n) is 4.15. The molecule has 0 saturated heterocycles. The second-order valence-corrected chi connectivity index (χ2v) is 8.56. The number of hydrogen-bond donors (Lipinski definition) is 1. The summed E-state index contributed by atoms with van der Waals surface area (Å²) in [6.07, 6.45) is 1.81. The molecular weight excluding hydrogens is 400 g/mol. The van der Waals surface area contributed by atoms with Gasteiger partial charge in [0.15, 0.2) is 0 Å². The topological polar surface area (TPSA) is 86.4 Å². The van der Waals surface area contributed by atoms with Gasteiger partial charge in [-0.25, -0.2) is 8.42 Å². The van der Waals surface area contributed by atoms with Crippen molar-refractivity contribution >= 4 is 45.2 Å². The minimum absolute atomic E-state index is 0.106. The lowest BCUT2D eigenvalue weighted by Gasteiger charge is -2.24. The Morgan fingerprint density at radius 3 is 2.29 bits per heavy atom. The van der Waals surface area contributed by atoms with Crippen molar-refractivity contribution in [3.63, 3.8) is 0 Å². The Hall–Kier alpha value is -2.84. The number of H-pyrrole nitrogens is 1. The third-order valence-corrected chi connectivity index (χ3v) is 5.65. The number of amides is 1. The van der Waals surface area contributed by atoms with Gasteiger partial charge in [-0.1, -0.05) is 29.8 Å². The Labute approximate surface area is 168 Å². The minimum Gasteiger partial charge on any atom is -0.278 e. The van der Waals surface area contributed by atoms with Crippen molar-refractivity contribution in [2.45, 2.75) is 13.5 Å². The molecule has 0 bridgehead atoms. The van der Waals surface area contributed by atoms with Crippen molar-refractivity contribution in [2.75, 3.05) is 15.5 Å². The van der Waals surface area contributed by atoms with Crippen molar-refractivity contribution in [3.05, 3.63) is 70.9 Å². The van der Waals surface area contributed by atoms with Gasteiger partial charge in [-0.3, -0.25) is 19.1 Å². The summed E-state index contributed by atoms with van der Waals surface area (Å²) >= 11 is 6.18. The number of anilines is 3. The number of halogens is 1. The van der Waals surface area contributed by atoms with Crippen LogP contribution < -0.4 is 9.21 Å². The number of nitrogens with zero attached hydrogens (tertiary/aromatic N) is 3. The summed E-state index contributed by atoms with van der Waals surface area (Å²) in [5.41, 5.74) is 2.49. The number of hydrogen-bond acceptors (Lipinski definition) is 4. The highest BCUT2D eigenvalue weighted by Gasteiger charge is 2.20. The van der Waals surface area contributed by atoms with Crippen molar-refractivity contribution in [1.29, 1.82) is 0 Å². The SMILES string of the molecule is Cc1cc(N(C=O)c2ccc(N(Cc3ccccc3Cl)S(C)(=O)=O)cc2)[nH]n1. The first-order chi connectivity index (χ1) is 13.3. The van der Waals surface area contributed by atoms with Crippen LogP contribution in [0, 0.1) is 6.92 Å². The number of aryl methyl sites for hydroxylation is 1. The zero-order chi connectivity index (χ0) is 20.3. The van der Waals surface area contributed by atoms with E-state index in [2.05, 4.69) is 10.2 Å². The lowest BCUT2D eigenvalue weighted by Crippen LogP contribution is -2.29. The molecule has 0 aliphatic rings. The van der Waals surface area contributed by atoms with E-state index in [9.17, 15) is 13.2 Å². The van der Waals surface area contributed by atoms with Gasteiger partial charge in [-0.05, 0) is 42.8 Å². The lowest BCUT2D eigenvalue weighted by atomic mass is 10.2. The summed E-state index contributed by atoms with van der Waals surface area (Å²) in [5.74, 6) is 0.524. The maximum Gasteiger partial charge on any atom is 0.232 e. The second kappa shape index (κ2) is 8.04. The fourth-order valence-electron chi connectivity index (χ4n) is 2.75. The predicted molar refractivity (Wildman–Crippen MR) is 110 cm³/mol. The van der Waals surface area contributed by atoms with Crippen LogP contribution in [0.1, 0.15) is 11.3 Å². The van der Waals surface area contributed by atoms with Crippen molar-refractivity contribution in [1.82, 2.24) is 10.2 Å². The van der Waals surface area contributed by atoms with E-state index in [0.29, 0.717) is 34.2 Å². The van der Waals surface area contributed by atoms with Gasteiger partial charge in [0.05, 0.1) is 29.9 Å². The lowest BCUT2D eigenvalue weighted by molar-refractivity contribution is -0.106. The molecule has 0 saturated carbocycles. The molecule has 146 valence electrons. The van der Waals surface area contributed by atoms with Crippen LogP contribution in [-0.4, -0.2) is 31.3 Å². The first-order valence-corrected chi connectivity index (χ1v) is 10.6. The first-order valence-electron chi connectivity index (χ1n) is 8.37. The Kier molecular flexibility index (Phi) is 5.71. The first kappa shape index (κ1) is 19.9. The molecule has 0 aliphatic heterocycles. The summed E-state index contributed by atoms with van der Waals surface area (Å²) in [4.78, 5) is 12.9. The maximum atomic E-state index is 12.3. The number of aromatic nitrogens is 2. The van der Waals surface area contributed by atoms with Crippen molar-refractivity contribution < 1.29 is 13.2 Å². The Morgan fingerprint density at radius 2 is 1.75 bits per heavy atom. The highest BCUT2D eigenvalue weighted by Crippen LogP contribution is 2.28. The quantitative estimate of drug-likeness (QED) is 0.593. The molecule has 2 aromatic carbocycles. The third kappa shape index (κ3) is 4.35. The van der Waals surface area contributed by atoms with Gasteiger partial charge < -0.3 is 0 Å². The summed E-state index contributed by atoms with van der Waals surface area (Å²) < 4.78 is 26.0. The Morgan fingerprint density at radius 1 is 1.11 bits per heavy atom. The van der Waals surface area contributed by atoms with E-state index in [-0.39, 0.29) is 6.54 Å². The van der Waals surface area contributed by atoms with E-state index in [4.69, 9.17) is 11.6 Å². The molecule has 0 fully saturated rings. The van der Waals surface area contributed by atoms with E-state index in [1.54, 1.807) is 54.6 Å². The number of rotatable bonds is 7. The molecule has 1 aromatic heterocycles. The average Bonchev–Trinajstić information content (AvgIpc) is 3.07. The van der Waals surface area contributed by atoms with Crippen LogP contribution in [0.15, 0.2) is 54.6 Å².